The molecule has 0 fully saturated rings. The molecule has 0 saturated carbocycles. The molecule has 0 N–H and O–H groups in total. The fourth-order valence-corrected chi connectivity index (χ4v) is 1.65. The van der Waals surface area contributed by atoms with Gasteiger partial charge in [-0.25, -0.2) is 0 Å². The quantitative estimate of drug-likeness (QED) is 0.336. The second-order valence-electron chi connectivity index (χ2n) is 4.52. The Morgan fingerprint density at radius 2 is 1.91 bits per heavy atom. The summed E-state index contributed by atoms with van der Waals surface area (Å²) in [6, 6.07) is 7.58. The summed E-state index contributed by atoms with van der Waals surface area (Å²) in [5, 5.41) is 0. The Kier molecular flexibility index (Phi) is 9.14. The van der Waals surface area contributed by atoms with Crippen molar-refractivity contribution >= 4 is 6.21 Å². The molecule has 0 radical (unpaired) electrons. The largest absolute Gasteiger partial charge is 0.488 e. The fraction of sp³-hybridized carbons (Fsp3) is 0.316. The first-order valence-electron chi connectivity index (χ1n) is 7.29. The highest BCUT2D eigenvalue weighted by Gasteiger charge is 2.05. The van der Waals surface area contributed by atoms with Crippen molar-refractivity contribution in [2.24, 2.45) is 4.99 Å². The molecular weight excluding hydrogens is 290 g/mol. The van der Waals surface area contributed by atoms with E-state index in [1.807, 2.05) is 49.4 Å². The minimum atomic E-state index is -0.372. The molecule has 0 aliphatic rings. The van der Waals surface area contributed by atoms with E-state index >= 15 is 0 Å². The van der Waals surface area contributed by atoms with Crippen LogP contribution in [0.15, 0.2) is 53.1 Å². The van der Waals surface area contributed by atoms with Gasteiger partial charge >= 0.3 is 0 Å². The number of methoxy groups -OCH3 is 2. The average molecular weight is 313 g/mol. The van der Waals surface area contributed by atoms with Crippen LogP contribution in [0.3, 0.4) is 0 Å². The van der Waals surface area contributed by atoms with Crippen molar-refractivity contribution in [3.63, 3.8) is 0 Å². The van der Waals surface area contributed by atoms with E-state index in [1.54, 1.807) is 27.5 Å². The second kappa shape index (κ2) is 11.2. The summed E-state index contributed by atoms with van der Waals surface area (Å²) in [4.78, 5) is 3.93. The molecule has 0 aliphatic heterocycles. The molecular formula is C19H23NO3. The van der Waals surface area contributed by atoms with Crippen LogP contribution in [0.25, 0.3) is 0 Å². The van der Waals surface area contributed by atoms with E-state index in [1.165, 1.54) is 0 Å². The van der Waals surface area contributed by atoms with Crippen LogP contribution in [0, 0.1) is 11.8 Å². The molecule has 1 rings (SSSR count). The number of hydrogen-bond acceptors (Lipinski definition) is 4. The standard InChI is InChI=1S/C19H23NO3/c1-5-6-16(13-14-20-2)7-8-17-9-11-18(12-10-17)23-15-19(21-3)22-4/h5-6,9-14,19H,15H2,1-4H3/b6-5-,16-13+,20-14?. The summed E-state index contributed by atoms with van der Waals surface area (Å²) in [7, 11) is 4.89. The van der Waals surface area contributed by atoms with E-state index in [4.69, 9.17) is 14.2 Å². The number of allylic oxidation sites excluding steroid dienone is 4. The van der Waals surface area contributed by atoms with Crippen molar-refractivity contribution in [1.29, 1.82) is 0 Å². The SMILES string of the molecule is C/C=C\C(C#Cc1ccc(OCC(OC)OC)cc1)=C/C=NC. The van der Waals surface area contributed by atoms with E-state index in [9.17, 15) is 0 Å². The summed E-state index contributed by atoms with van der Waals surface area (Å²) < 4.78 is 15.7. The molecule has 4 heteroatoms. The molecule has 1 aromatic rings. The van der Waals surface area contributed by atoms with Crippen molar-refractivity contribution in [3.05, 3.63) is 53.6 Å². The average Bonchev–Trinajstić information content (AvgIpc) is 2.59. The van der Waals surface area contributed by atoms with Crippen LogP contribution in [0.5, 0.6) is 5.75 Å². The van der Waals surface area contributed by atoms with Crippen molar-refractivity contribution in [2.45, 2.75) is 13.2 Å². The van der Waals surface area contributed by atoms with E-state index in [0.717, 1.165) is 16.9 Å². The number of hydrogen-bond donors (Lipinski definition) is 0. The third-order valence-electron chi connectivity index (χ3n) is 2.87. The molecule has 1 aromatic carbocycles. The second-order valence-corrected chi connectivity index (χ2v) is 4.52. The molecule has 0 bridgehead atoms. The van der Waals surface area contributed by atoms with Gasteiger partial charge in [-0.1, -0.05) is 24.0 Å². The summed E-state index contributed by atoms with van der Waals surface area (Å²) in [5.41, 5.74) is 1.82. The van der Waals surface area contributed by atoms with Gasteiger partial charge in [0.05, 0.1) is 0 Å². The molecule has 122 valence electrons. The zero-order chi connectivity index (χ0) is 16.9. The van der Waals surface area contributed by atoms with Crippen LogP contribution < -0.4 is 4.74 Å². The molecule has 0 spiro atoms. The highest BCUT2D eigenvalue weighted by molar-refractivity contribution is 5.74. The monoisotopic (exact) mass is 313 g/mol. The lowest BCUT2D eigenvalue weighted by molar-refractivity contribution is -0.121. The lowest BCUT2D eigenvalue weighted by Gasteiger charge is -2.14. The molecule has 4 nitrogen and oxygen atoms in total. The molecule has 0 heterocycles. The Labute approximate surface area is 138 Å². The Morgan fingerprint density at radius 1 is 1.22 bits per heavy atom. The number of benzene rings is 1. The van der Waals surface area contributed by atoms with Gasteiger partial charge in [0.1, 0.15) is 12.4 Å². The Bertz CT molecular complexity index is 600. The van der Waals surface area contributed by atoms with Gasteiger partial charge in [0.2, 0.25) is 0 Å². The van der Waals surface area contributed by atoms with Crippen molar-refractivity contribution < 1.29 is 14.2 Å². The highest BCUT2D eigenvalue weighted by atomic mass is 16.7. The number of rotatable bonds is 7. The normalized spacial score (nSPS) is 12.0. The molecule has 0 saturated heterocycles. The topological polar surface area (TPSA) is 40.0 Å². The lowest BCUT2D eigenvalue weighted by atomic mass is 10.2. The van der Waals surface area contributed by atoms with Gasteiger partial charge in [-0.15, -0.1) is 0 Å². The van der Waals surface area contributed by atoms with Crippen molar-refractivity contribution in [3.8, 4) is 17.6 Å². The molecule has 0 unspecified atom stereocenters. The number of ether oxygens (including phenoxy) is 3. The van der Waals surface area contributed by atoms with Crippen molar-refractivity contribution in [2.75, 3.05) is 27.9 Å². The first-order valence-corrected chi connectivity index (χ1v) is 7.29. The Hall–Kier alpha value is -2.35. The van der Waals surface area contributed by atoms with Crippen LogP contribution in [0.2, 0.25) is 0 Å². The lowest BCUT2D eigenvalue weighted by Crippen LogP contribution is -2.21. The third-order valence-corrected chi connectivity index (χ3v) is 2.87. The molecule has 0 amide bonds. The summed E-state index contributed by atoms with van der Waals surface area (Å²) in [6.07, 6.45) is 7.12. The van der Waals surface area contributed by atoms with Gasteiger partial charge in [0.25, 0.3) is 0 Å². The molecule has 0 aliphatic carbocycles. The van der Waals surface area contributed by atoms with Crippen LogP contribution in [-0.2, 0) is 9.47 Å². The van der Waals surface area contributed by atoms with Crippen LogP contribution in [0.1, 0.15) is 12.5 Å². The smallest absolute Gasteiger partial charge is 0.191 e. The van der Waals surface area contributed by atoms with Crippen LogP contribution in [-0.4, -0.2) is 40.4 Å². The Morgan fingerprint density at radius 3 is 2.48 bits per heavy atom. The predicted molar refractivity (Wildman–Crippen MR) is 93.9 cm³/mol. The van der Waals surface area contributed by atoms with Gasteiger partial charge in [-0.2, -0.15) is 0 Å². The molecule has 23 heavy (non-hydrogen) atoms. The maximum Gasteiger partial charge on any atom is 0.191 e. The van der Waals surface area contributed by atoms with E-state index in [0.29, 0.717) is 6.61 Å². The van der Waals surface area contributed by atoms with Crippen LogP contribution >= 0.6 is 0 Å². The minimum absolute atomic E-state index is 0.336. The van der Waals surface area contributed by atoms with Crippen LogP contribution in [0.4, 0.5) is 0 Å². The maximum absolute atomic E-state index is 5.58. The number of nitrogens with zero attached hydrogens (tertiary/aromatic N) is 1. The number of aliphatic imine (C=N–C) groups is 1. The summed E-state index contributed by atoms with van der Waals surface area (Å²) in [6.45, 7) is 2.29. The molecule has 0 aromatic heterocycles. The summed E-state index contributed by atoms with van der Waals surface area (Å²) >= 11 is 0. The van der Waals surface area contributed by atoms with Gasteiger partial charge in [-0.3, -0.25) is 4.99 Å². The minimum Gasteiger partial charge on any atom is -0.488 e. The Balaban J connectivity index is 2.72. The van der Waals surface area contributed by atoms with E-state index < -0.39 is 0 Å². The zero-order valence-electron chi connectivity index (χ0n) is 14.1. The zero-order valence-corrected chi connectivity index (χ0v) is 14.1. The first-order chi connectivity index (χ1) is 11.2. The highest BCUT2D eigenvalue weighted by Crippen LogP contribution is 2.12. The van der Waals surface area contributed by atoms with E-state index in [-0.39, 0.29) is 6.29 Å². The first kappa shape index (κ1) is 18.7. The van der Waals surface area contributed by atoms with Crippen molar-refractivity contribution in [1.82, 2.24) is 0 Å². The summed E-state index contributed by atoms with van der Waals surface area (Å²) in [5.74, 6) is 6.98. The fourth-order valence-electron chi connectivity index (χ4n) is 1.65. The predicted octanol–water partition coefficient (Wildman–Crippen LogP) is 3.24. The van der Waals surface area contributed by atoms with Gasteiger partial charge < -0.3 is 14.2 Å². The molecule has 0 atom stereocenters. The van der Waals surface area contributed by atoms with E-state index in [2.05, 4.69) is 16.8 Å². The van der Waals surface area contributed by atoms with Gasteiger partial charge in [0, 0.05) is 38.6 Å². The van der Waals surface area contributed by atoms with Gasteiger partial charge in [0.15, 0.2) is 6.29 Å². The maximum atomic E-state index is 5.58. The third kappa shape index (κ3) is 7.46. The van der Waals surface area contributed by atoms with Gasteiger partial charge in [-0.05, 0) is 37.3 Å².